The number of methoxy groups -OCH3 is 1. The summed E-state index contributed by atoms with van der Waals surface area (Å²) >= 11 is 1.37. The average Bonchev–Trinajstić information content (AvgIpc) is 2.89. The summed E-state index contributed by atoms with van der Waals surface area (Å²) in [5.74, 6) is 0.770. The monoisotopic (exact) mass is 250 g/mol. The van der Waals surface area contributed by atoms with Crippen molar-refractivity contribution < 1.29 is 4.74 Å². The summed E-state index contributed by atoms with van der Waals surface area (Å²) in [5.41, 5.74) is 0.864. The number of pyridine rings is 1. The molecule has 17 heavy (non-hydrogen) atoms. The highest BCUT2D eigenvalue weighted by Gasteiger charge is 2.20. The summed E-state index contributed by atoms with van der Waals surface area (Å²) in [4.78, 5) is 5.42. The second kappa shape index (κ2) is 5.70. The predicted octanol–water partition coefficient (Wildman–Crippen LogP) is 1.64. The molecule has 0 amide bonds. The van der Waals surface area contributed by atoms with Crippen LogP contribution in [0.3, 0.4) is 0 Å². The van der Waals surface area contributed by atoms with Gasteiger partial charge >= 0.3 is 0 Å². The van der Waals surface area contributed by atoms with Gasteiger partial charge in [-0.1, -0.05) is 11.4 Å². The second-order valence-corrected chi connectivity index (χ2v) is 4.22. The van der Waals surface area contributed by atoms with Gasteiger partial charge in [0.2, 0.25) is 0 Å². The largest absolute Gasteiger partial charge is 0.495 e. The first-order chi connectivity index (χ1) is 8.36. The standard InChI is InChI=1S/C11H14N4OS/c1-3-12-11(9-7-14-15-17-9)10-8(16-2)5-4-6-13-10/h4-7,11-12H,3H2,1-2H3. The van der Waals surface area contributed by atoms with Gasteiger partial charge in [-0.3, -0.25) is 4.98 Å². The molecule has 2 heterocycles. The molecule has 2 rings (SSSR count). The van der Waals surface area contributed by atoms with Crippen molar-refractivity contribution >= 4 is 11.5 Å². The molecule has 90 valence electrons. The van der Waals surface area contributed by atoms with Crippen LogP contribution in [0.4, 0.5) is 0 Å². The Balaban J connectivity index is 2.39. The van der Waals surface area contributed by atoms with Gasteiger partial charge in [0, 0.05) is 6.20 Å². The summed E-state index contributed by atoms with van der Waals surface area (Å²) in [7, 11) is 1.65. The molecule has 0 aliphatic carbocycles. The molecule has 0 aromatic carbocycles. The molecule has 0 fully saturated rings. The zero-order chi connectivity index (χ0) is 12.1. The molecule has 6 heteroatoms. The van der Waals surface area contributed by atoms with Gasteiger partial charge in [0.25, 0.3) is 0 Å². The van der Waals surface area contributed by atoms with Gasteiger partial charge < -0.3 is 10.1 Å². The van der Waals surface area contributed by atoms with Crippen LogP contribution in [-0.4, -0.2) is 28.2 Å². The van der Waals surface area contributed by atoms with Crippen molar-refractivity contribution in [1.29, 1.82) is 0 Å². The Labute approximate surface area is 104 Å². The molecule has 0 radical (unpaired) electrons. The summed E-state index contributed by atoms with van der Waals surface area (Å²) in [6, 6.07) is 3.74. The van der Waals surface area contributed by atoms with E-state index in [0.717, 1.165) is 22.9 Å². The predicted molar refractivity (Wildman–Crippen MR) is 66.2 cm³/mol. The van der Waals surface area contributed by atoms with Gasteiger partial charge in [-0.05, 0) is 30.2 Å². The van der Waals surface area contributed by atoms with Gasteiger partial charge in [0.15, 0.2) is 0 Å². The van der Waals surface area contributed by atoms with Crippen LogP contribution in [0.15, 0.2) is 24.5 Å². The number of rotatable bonds is 5. The lowest BCUT2D eigenvalue weighted by atomic mass is 10.1. The lowest BCUT2D eigenvalue weighted by Gasteiger charge is -2.17. The van der Waals surface area contributed by atoms with E-state index in [1.54, 1.807) is 19.5 Å². The number of ether oxygens (including phenoxy) is 1. The third-order valence-electron chi connectivity index (χ3n) is 2.36. The summed E-state index contributed by atoms with van der Waals surface area (Å²) in [5, 5.41) is 7.23. The van der Waals surface area contributed by atoms with E-state index in [1.807, 2.05) is 12.1 Å². The Bertz CT molecular complexity index is 460. The SMILES string of the molecule is CCNC(c1cnns1)c1ncccc1OC. The average molecular weight is 250 g/mol. The molecule has 1 N–H and O–H groups in total. The Kier molecular flexibility index (Phi) is 4.00. The number of hydrogen-bond acceptors (Lipinski definition) is 6. The van der Waals surface area contributed by atoms with Gasteiger partial charge in [0.1, 0.15) is 11.4 Å². The first-order valence-electron chi connectivity index (χ1n) is 5.36. The Morgan fingerprint density at radius 3 is 3.06 bits per heavy atom. The van der Waals surface area contributed by atoms with Crippen molar-refractivity contribution in [3.63, 3.8) is 0 Å². The van der Waals surface area contributed by atoms with Crippen molar-refractivity contribution in [2.45, 2.75) is 13.0 Å². The minimum atomic E-state index is -0.0175. The zero-order valence-corrected chi connectivity index (χ0v) is 10.6. The fourth-order valence-electron chi connectivity index (χ4n) is 1.63. The number of nitrogens with one attached hydrogen (secondary N) is 1. The van der Waals surface area contributed by atoms with E-state index in [0.29, 0.717) is 0 Å². The molecule has 1 atom stereocenters. The van der Waals surface area contributed by atoms with Crippen LogP contribution in [0.1, 0.15) is 23.5 Å². The summed E-state index contributed by atoms with van der Waals surface area (Å²) < 4.78 is 9.22. The maximum absolute atomic E-state index is 5.33. The third-order valence-corrected chi connectivity index (χ3v) is 3.09. The topological polar surface area (TPSA) is 59.9 Å². The first kappa shape index (κ1) is 11.9. The molecule has 0 spiro atoms. The number of hydrogen-bond donors (Lipinski definition) is 1. The smallest absolute Gasteiger partial charge is 0.142 e. The molecule has 0 aliphatic heterocycles. The molecule has 0 aliphatic rings. The number of aromatic nitrogens is 3. The van der Waals surface area contributed by atoms with E-state index < -0.39 is 0 Å². The fraction of sp³-hybridized carbons (Fsp3) is 0.364. The quantitative estimate of drug-likeness (QED) is 0.874. The van der Waals surface area contributed by atoms with Gasteiger partial charge in [-0.25, -0.2) is 0 Å². The Morgan fingerprint density at radius 1 is 1.53 bits per heavy atom. The Hall–Kier alpha value is -1.53. The molecule has 0 bridgehead atoms. The maximum Gasteiger partial charge on any atom is 0.142 e. The van der Waals surface area contributed by atoms with Gasteiger partial charge in [-0.15, -0.1) is 5.10 Å². The maximum atomic E-state index is 5.33. The van der Waals surface area contributed by atoms with Crippen molar-refractivity contribution in [2.24, 2.45) is 0 Å². The third kappa shape index (κ3) is 2.59. The highest BCUT2D eigenvalue weighted by atomic mass is 32.1. The van der Waals surface area contributed by atoms with Gasteiger partial charge in [-0.2, -0.15) is 0 Å². The van der Waals surface area contributed by atoms with Crippen molar-refractivity contribution in [2.75, 3.05) is 13.7 Å². The molecular weight excluding hydrogens is 236 g/mol. The lowest BCUT2D eigenvalue weighted by Crippen LogP contribution is -2.22. The van der Waals surface area contributed by atoms with Crippen molar-refractivity contribution in [3.05, 3.63) is 35.1 Å². The van der Waals surface area contributed by atoms with Crippen molar-refractivity contribution in [1.82, 2.24) is 19.9 Å². The molecule has 5 nitrogen and oxygen atoms in total. The lowest BCUT2D eigenvalue weighted by molar-refractivity contribution is 0.401. The molecule has 0 saturated heterocycles. The minimum absolute atomic E-state index is 0.0175. The zero-order valence-electron chi connectivity index (χ0n) is 9.75. The number of nitrogens with zero attached hydrogens (tertiary/aromatic N) is 3. The van der Waals surface area contributed by atoms with Crippen LogP contribution < -0.4 is 10.1 Å². The van der Waals surface area contributed by atoms with E-state index >= 15 is 0 Å². The van der Waals surface area contributed by atoms with E-state index in [2.05, 4.69) is 26.8 Å². The molecule has 0 saturated carbocycles. The van der Waals surface area contributed by atoms with Crippen LogP contribution in [0.2, 0.25) is 0 Å². The van der Waals surface area contributed by atoms with E-state index in [-0.39, 0.29) is 6.04 Å². The normalized spacial score (nSPS) is 12.4. The van der Waals surface area contributed by atoms with E-state index in [4.69, 9.17) is 4.74 Å². The van der Waals surface area contributed by atoms with Crippen molar-refractivity contribution in [3.8, 4) is 5.75 Å². The molecular formula is C11H14N4OS. The van der Waals surface area contributed by atoms with E-state index in [1.165, 1.54) is 11.5 Å². The van der Waals surface area contributed by atoms with Crippen LogP contribution >= 0.6 is 11.5 Å². The Morgan fingerprint density at radius 2 is 2.41 bits per heavy atom. The van der Waals surface area contributed by atoms with Crippen LogP contribution in [0.25, 0.3) is 0 Å². The van der Waals surface area contributed by atoms with Crippen LogP contribution in [-0.2, 0) is 0 Å². The van der Waals surface area contributed by atoms with Gasteiger partial charge in [0.05, 0.1) is 24.2 Å². The first-order valence-corrected chi connectivity index (χ1v) is 6.13. The molecule has 2 aromatic heterocycles. The van der Waals surface area contributed by atoms with E-state index in [9.17, 15) is 0 Å². The molecule has 1 unspecified atom stereocenters. The highest BCUT2D eigenvalue weighted by Crippen LogP contribution is 2.28. The minimum Gasteiger partial charge on any atom is -0.495 e. The summed E-state index contributed by atoms with van der Waals surface area (Å²) in [6.07, 6.45) is 3.52. The van der Waals surface area contributed by atoms with Crippen LogP contribution in [0, 0.1) is 0 Å². The fourth-order valence-corrected chi connectivity index (χ4v) is 2.21. The highest BCUT2D eigenvalue weighted by molar-refractivity contribution is 7.05. The van der Waals surface area contributed by atoms with Crippen LogP contribution in [0.5, 0.6) is 5.75 Å². The second-order valence-electron chi connectivity index (χ2n) is 3.40. The molecule has 2 aromatic rings. The summed E-state index contributed by atoms with van der Waals surface area (Å²) in [6.45, 7) is 2.89.